The topological polar surface area (TPSA) is 111 Å². The van der Waals surface area contributed by atoms with Crippen LogP contribution < -0.4 is 16.4 Å². The molecule has 0 unspecified atom stereocenters. The lowest BCUT2D eigenvalue weighted by Crippen LogP contribution is -2.47. The minimum atomic E-state index is -0.737. The third-order valence-electron chi connectivity index (χ3n) is 3.94. The second-order valence-electron chi connectivity index (χ2n) is 6.22. The highest BCUT2D eigenvalue weighted by molar-refractivity contribution is 5.88. The van der Waals surface area contributed by atoms with E-state index in [4.69, 9.17) is 10.5 Å². The number of carbonyl (C=O) groups is 3. The van der Waals surface area contributed by atoms with E-state index in [0.717, 1.165) is 37.7 Å². The molecule has 0 aliphatic carbocycles. The number of primary amides is 1. The summed E-state index contributed by atoms with van der Waals surface area (Å²) in [6.07, 6.45) is 6.48. The van der Waals surface area contributed by atoms with Crippen LogP contribution in [0.2, 0.25) is 0 Å². The van der Waals surface area contributed by atoms with Gasteiger partial charge in [-0.2, -0.15) is 0 Å². The van der Waals surface area contributed by atoms with Crippen LogP contribution in [0.3, 0.4) is 0 Å². The first-order valence-electron chi connectivity index (χ1n) is 9.17. The zero-order valence-electron chi connectivity index (χ0n) is 15.6. The van der Waals surface area contributed by atoms with Gasteiger partial charge in [0.05, 0.1) is 0 Å². The van der Waals surface area contributed by atoms with Gasteiger partial charge in [-0.15, -0.1) is 6.58 Å². The SMILES string of the molecule is C=CCCCCCC[C@@H](NC(=O)CNC(=O)OCc1ccccc1)C(N)=O. The molecule has 7 heteroatoms. The molecule has 27 heavy (non-hydrogen) atoms. The summed E-state index contributed by atoms with van der Waals surface area (Å²) in [6.45, 7) is 3.51. The molecular weight excluding hydrogens is 346 g/mol. The standard InChI is InChI=1S/C20H29N3O4/c1-2-3-4-5-6-10-13-17(19(21)25)23-18(24)14-22-20(26)27-15-16-11-8-7-9-12-16/h2,7-9,11-12,17H,1,3-6,10,13-15H2,(H2,21,25)(H,22,26)(H,23,24)/t17-/m1/s1. The highest BCUT2D eigenvalue weighted by Gasteiger charge is 2.18. The van der Waals surface area contributed by atoms with Crippen molar-refractivity contribution in [3.63, 3.8) is 0 Å². The molecule has 0 radical (unpaired) electrons. The molecule has 0 spiro atoms. The van der Waals surface area contributed by atoms with E-state index in [1.165, 1.54) is 0 Å². The second-order valence-corrected chi connectivity index (χ2v) is 6.22. The van der Waals surface area contributed by atoms with Gasteiger partial charge in [0, 0.05) is 0 Å². The lowest BCUT2D eigenvalue weighted by atomic mass is 10.1. The van der Waals surface area contributed by atoms with E-state index in [0.29, 0.717) is 6.42 Å². The summed E-state index contributed by atoms with van der Waals surface area (Å²) in [4.78, 5) is 35.0. The Bertz CT molecular complexity index is 605. The van der Waals surface area contributed by atoms with Gasteiger partial charge in [-0.3, -0.25) is 9.59 Å². The smallest absolute Gasteiger partial charge is 0.407 e. The van der Waals surface area contributed by atoms with Crippen LogP contribution in [-0.2, 0) is 20.9 Å². The van der Waals surface area contributed by atoms with Crippen molar-refractivity contribution in [2.75, 3.05) is 6.54 Å². The maximum Gasteiger partial charge on any atom is 0.407 e. The normalized spacial score (nSPS) is 11.3. The van der Waals surface area contributed by atoms with Crippen LogP contribution >= 0.6 is 0 Å². The number of allylic oxidation sites excluding steroid dienone is 1. The van der Waals surface area contributed by atoms with Gasteiger partial charge in [0.25, 0.3) is 0 Å². The number of hydrogen-bond acceptors (Lipinski definition) is 4. The average Bonchev–Trinajstić information content (AvgIpc) is 2.67. The van der Waals surface area contributed by atoms with E-state index in [9.17, 15) is 14.4 Å². The van der Waals surface area contributed by atoms with Gasteiger partial charge in [-0.1, -0.05) is 55.7 Å². The number of unbranched alkanes of at least 4 members (excludes halogenated alkanes) is 4. The Morgan fingerprint density at radius 3 is 2.48 bits per heavy atom. The van der Waals surface area contributed by atoms with Crippen LogP contribution in [0.1, 0.15) is 44.1 Å². The molecule has 1 aromatic rings. The molecule has 3 amide bonds. The molecule has 1 rings (SSSR count). The van der Waals surface area contributed by atoms with Gasteiger partial charge in [0.1, 0.15) is 19.2 Å². The van der Waals surface area contributed by atoms with Crippen molar-refractivity contribution in [2.24, 2.45) is 5.73 Å². The Kier molecular flexibility index (Phi) is 11.0. The number of alkyl carbamates (subject to hydrolysis) is 1. The molecule has 0 fully saturated rings. The molecule has 0 heterocycles. The molecule has 0 saturated heterocycles. The number of rotatable bonds is 13. The zero-order valence-corrected chi connectivity index (χ0v) is 15.6. The minimum Gasteiger partial charge on any atom is -0.445 e. The lowest BCUT2D eigenvalue weighted by Gasteiger charge is -2.15. The molecule has 148 valence electrons. The van der Waals surface area contributed by atoms with Gasteiger partial charge in [-0.05, 0) is 24.8 Å². The van der Waals surface area contributed by atoms with Crippen molar-refractivity contribution >= 4 is 17.9 Å². The predicted molar refractivity (Wildman–Crippen MR) is 104 cm³/mol. The summed E-state index contributed by atoms with van der Waals surface area (Å²) in [5.74, 6) is -1.07. The fourth-order valence-electron chi connectivity index (χ4n) is 2.45. The zero-order chi connectivity index (χ0) is 19.9. The fraction of sp³-hybridized carbons (Fsp3) is 0.450. The predicted octanol–water partition coefficient (Wildman–Crippen LogP) is 2.41. The van der Waals surface area contributed by atoms with Crippen LogP contribution in [0.4, 0.5) is 4.79 Å². The number of nitrogens with one attached hydrogen (secondary N) is 2. The highest BCUT2D eigenvalue weighted by atomic mass is 16.5. The Labute approximate surface area is 160 Å². The van der Waals surface area contributed by atoms with Gasteiger partial charge >= 0.3 is 6.09 Å². The number of nitrogens with two attached hydrogens (primary N) is 1. The Morgan fingerprint density at radius 2 is 1.81 bits per heavy atom. The second kappa shape index (κ2) is 13.4. The Morgan fingerprint density at radius 1 is 1.11 bits per heavy atom. The lowest BCUT2D eigenvalue weighted by molar-refractivity contribution is -0.127. The summed E-state index contributed by atoms with van der Waals surface area (Å²) in [5.41, 5.74) is 6.18. The van der Waals surface area contributed by atoms with Crippen LogP contribution in [0, 0.1) is 0 Å². The Balaban J connectivity index is 2.23. The number of ether oxygens (including phenoxy) is 1. The summed E-state index contributed by atoms with van der Waals surface area (Å²) in [5, 5.41) is 4.90. The van der Waals surface area contributed by atoms with E-state index in [1.807, 2.05) is 36.4 Å². The number of hydrogen-bond donors (Lipinski definition) is 3. The van der Waals surface area contributed by atoms with E-state index < -0.39 is 23.9 Å². The molecular formula is C20H29N3O4. The quantitative estimate of drug-likeness (QED) is 0.363. The Hall–Kier alpha value is -2.83. The molecule has 0 aromatic heterocycles. The molecule has 0 saturated carbocycles. The van der Waals surface area contributed by atoms with Crippen molar-refractivity contribution in [1.82, 2.24) is 10.6 Å². The minimum absolute atomic E-state index is 0.115. The first-order chi connectivity index (χ1) is 13.0. The number of amides is 3. The summed E-state index contributed by atoms with van der Waals surface area (Å²) >= 11 is 0. The monoisotopic (exact) mass is 375 g/mol. The van der Waals surface area contributed by atoms with E-state index in [2.05, 4.69) is 17.2 Å². The molecule has 1 aromatic carbocycles. The molecule has 1 atom stereocenters. The van der Waals surface area contributed by atoms with Crippen molar-refractivity contribution in [3.05, 3.63) is 48.6 Å². The van der Waals surface area contributed by atoms with Gasteiger partial charge in [-0.25, -0.2) is 4.79 Å². The van der Waals surface area contributed by atoms with Crippen molar-refractivity contribution < 1.29 is 19.1 Å². The van der Waals surface area contributed by atoms with E-state index in [1.54, 1.807) is 0 Å². The molecule has 0 aliphatic rings. The molecule has 0 aliphatic heterocycles. The van der Waals surface area contributed by atoms with Crippen LogP contribution in [0.25, 0.3) is 0 Å². The average molecular weight is 375 g/mol. The van der Waals surface area contributed by atoms with E-state index in [-0.39, 0.29) is 13.2 Å². The van der Waals surface area contributed by atoms with Crippen LogP contribution in [0.15, 0.2) is 43.0 Å². The first kappa shape index (κ1) is 22.2. The van der Waals surface area contributed by atoms with Gasteiger partial charge in [0.2, 0.25) is 11.8 Å². The maximum atomic E-state index is 11.9. The fourth-order valence-corrected chi connectivity index (χ4v) is 2.45. The van der Waals surface area contributed by atoms with Crippen LogP contribution in [-0.4, -0.2) is 30.5 Å². The molecule has 4 N–H and O–H groups in total. The van der Waals surface area contributed by atoms with Crippen LogP contribution in [0.5, 0.6) is 0 Å². The summed E-state index contributed by atoms with van der Waals surface area (Å²) < 4.78 is 5.01. The maximum absolute atomic E-state index is 11.9. The van der Waals surface area contributed by atoms with Crippen molar-refractivity contribution in [1.29, 1.82) is 0 Å². The number of benzene rings is 1. The highest BCUT2D eigenvalue weighted by Crippen LogP contribution is 2.08. The summed E-state index contributed by atoms with van der Waals surface area (Å²) in [6, 6.07) is 8.47. The van der Waals surface area contributed by atoms with Crippen molar-refractivity contribution in [3.8, 4) is 0 Å². The van der Waals surface area contributed by atoms with E-state index >= 15 is 0 Å². The summed E-state index contributed by atoms with van der Waals surface area (Å²) in [7, 11) is 0. The van der Waals surface area contributed by atoms with Crippen molar-refractivity contribution in [2.45, 2.75) is 51.2 Å². The largest absolute Gasteiger partial charge is 0.445 e. The van der Waals surface area contributed by atoms with Gasteiger partial charge in [0.15, 0.2) is 0 Å². The first-order valence-corrected chi connectivity index (χ1v) is 9.17. The number of carbonyl (C=O) groups excluding carboxylic acids is 3. The third-order valence-corrected chi connectivity index (χ3v) is 3.94. The third kappa shape index (κ3) is 10.7. The molecule has 0 bridgehead atoms. The van der Waals surface area contributed by atoms with Gasteiger partial charge < -0.3 is 21.1 Å². The molecule has 7 nitrogen and oxygen atoms in total.